The molecule has 1 aromatic rings. The molecule has 1 unspecified atom stereocenters. The largest absolute Gasteiger partial charge is 0.399 e. The van der Waals surface area contributed by atoms with Gasteiger partial charge in [0.05, 0.1) is 0 Å². The van der Waals surface area contributed by atoms with E-state index in [9.17, 15) is 0 Å². The Morgan fingerprint density at radius 3 is 2.47 bits per heavy atom. The average Bonchev–Trinajstić information content (AvgIpc) is 3.12. The van der Waals surface area contributed by atoms with Crippen LogP contribution in [0, 0.1) is 0 Å². The second kappa shape index (κ2) is 5.54. The third-order valence-corrected chi connectivity index (χ3v) is 3.63. The molecule has 0 aliphatic heterocycles. The number of anilines is 1. The summed E-state index contributed by atoms with van der Waals surface area (Å²) < 4.78 is 0. The molecular formula is C15H24N2. The molecule has 0 radical (unpaired) electrons. The summed E-state index contributed by atoms with van der Waals surface area (Å²) in [5.41, 5.74) is 7.96. The molecule has 2 N–H and O–H groups in total. The number of nitrogens with zero attached hydrogens (tertiary/aromatic N) is 1. The molecule has 2 heteroatoms. The van der Waals surface area contributed by atoms with Crippen LogP contribution in [0.15, 0.2) is 24.3 Å². The Morgan fingerprint density at radius 2 is 1.94 bits per heavy atom. The fraction of sp³-hybridized carbons (Fsp3) is 0.600. The number of rotatable bonds is 6. The van der Waals surface area contributed by atoms with E-state index in [1.54, 1.807) is 0 Å². The highest BCUT2D eigenvalue weighted by molar-refractivity contribution is 5.39. The maximum Gasteiger partial charge on any atom is 0.0314 e. The molecule has 0 saturated heterocycles. The number of hydrogen-bond acceptors (Lipinski definition) is 2. The van der Waals surface area contributed by atoms with Crippen molar-refractivity contribution >= 4 is 5.69 Å². The van der Waals surface area contributed by atoms with Gasteiger partial charge < -0.3 is 5.73 Å². The van der Waals surface area contributed by atoms with E-state index in [2.05, 4.69) is 30.9 Å². The Labute approximate surface area is 105 Å². The quantitative estimate of drug-likeness (QED) is 0.761. The van der Waals surface area contributed by atoms with Crippen molar-refractivity contribution in [1.29, 1.82) is 0 Å². The highest BCUT2D eigenvalue weighted by atomic mass is 15.2. The lowest BCUT2D eigenvalue weighted by molar-refractivity contribution is 0.179. The summed E-state index contributed by atoms with van der Waals surface area (Å²) >= 11 is 0. The van der Waals surface area contributed by atoms with Gasteiger partial charge in [0.15, 0.2) is 0 Å². The van der Waals surface area contributed by atoms with Crippen molar-refractivity contribution in [2.24, 2.45) is 0 Å². The molecule has 1 atom stereocenters. The van der Waals surface area contributed by atoms with E-state index in [1.165, 1.54) is 31.2 Å². The SMILES string of the molecule is CCCC(C)N(Cc1ccc(N)cc1)C1CC1. The van der Waals surface area contributed by atoms with Gasteiger partial charge in [-0.3, -0.25) is 4.90 Å². The lowest BCUT2D eigenvalue weighted by Gasteiger charge is -2.29. The van der Waals surface area contributed by atoms with E-state index in [0.29, 0.717) is 6.04 Å². The summed E-state index contributed by atoms with van der Waals surface area (Å²) in [4.78, 5) is 2.66. The highest BCUT2D eigenvalue weighted by Crippen LogP contribution is 2.31. The lowest BCUT2D eigenvalue weighted by Crippen LogP contribution is -2.34. The fourth-order valence-corrected chi connectivity index (χ4v) is 2.47. The molecule has 0 amide bonds. The van der Waals surface area contributed by atoms with Crippen LogP contribution in [0.2, 0.25) is 0 Å². The van der Waals surface area contributed by atoms with Crippen LogP contribution in [0.3, 0.4) is 0 Å². The Hall–Kier alpha value is -1.02. The molecule has 1 aromatic carbocycles. The van der Waals surface area contributed by atoms with Crippen LogP contribution in [0.4, 0.5) is 5.69 Å². The molecule has 0 heterocycles. The van der Waals surface area contributed by atoms with Crippen molar-refractivity contribution in [3.05, 3.63) is 29.8 Å². The minimum absolute atomic E-state index is 0.699. The van der Waals surface area contributed by atoms with Gasteiger partial charge in [0.25, 0.3) is 0 Å². The molecule has 17 heavy (non-hydrogen) atoms. The first-order valence-electron chi connectivity index (χ1n) is 6.81. The zero-order chi connectivity index (χ0) is 12.3. The zero-order valence-electron chi connectivity index (χ0n) is 11.0. The maximum absolute atomic E-state index is 5.72. The van der Waals surface area contributed by atoms with Gasteiger partial charge in [0.1, 0.15) is 0 Å². The van der Waals surface area contributed by atoms with Gasteiger partial charge >= 0.3 is 0 Å². The molecule has 1 aliphatic rings. The summed E-state index contributed by atoms with van der Waals surface area (Å²) in [5.74, 6) is 0. The molecule has 94 valence electrons. The molecule has 0 aromatic heterocycles. The first-order valence-corrected chi connectivity index (χ1v) is 6.81. The van der Waals surface area contributed by atoms with Gasteiger partial charge in [-0.1, -0.05) is 25.5 Å². The van der Waals surface area contributed by atoms with Gasteiger partial charge in [0, 0.05) is 24.3 Å². The van der Waals surface area contributed by atoms with Gasteiger partial charge in [-0.25, -0.2) is 0 Å². The molecule has 0 bridgehead atoms. The van der Waals surface area contributed by atoms with Crippen LogP contribution in [-0.2, 0) is 6.54 Å². The van der Waals surface area contributed by atoms with Crippen molar-refractivity contribution < 1.29 is 0 Å². The Kier molecular flexibility index (Phi) is 4.06. The van der Waals surface area contributed by atoms with E-state index >= 15 is 0 Å². The van der Waals surface area contributed by atoms with Crippen LogP contribution >= 0.6 is 0 Å². The lowest BCUT2D eigenvalue weighted by atomic mass is 10.1. The Balaban J connectivity index is 1.99. The second-order valence-electron chi connectivity index (χ2n) is 5.28. The number of nitrogens with two attached hydrogens (primary N) is 1. The molecule has 2 nitrogen and oxygen atoms in total. The van der Waals surface area contributed by atoms with Gasteiger partial charge in [-0.15, -0.1) is 0 Å². The van der Waals surface area contributed by atoms with Gasteiger partial charge in [-0.2, -0.15) is 0 Å². The summed E-state index contributed by atoms with van der Waals surface area (Å²) in [7, 11) is 0. The van der Waals surface area contributed by atoms with E-state index < -0.39 is 0 Å². The zero-order valence-corrected chi connectivity index (χ0v) is 11.0. The van der Waals surface area contributed by atoms with E-state index in [-0.39, 0.29) is 0 Å². The van der Waals surface area contributed by atoms with Crippen molar-refractivity contribution in [3.8, 4) is 0 Å². The summed E-state index contributed by atoms with van der Waals surface area (Å²) in [6.07, 6.45) is 5.32. The predicted molar refractivity (Wildman–Crippen MR) is 73.8 cm³/mol. The predicted octanol–water partition coefficient (Wildman–Crippen LogP) is 3.42. The topological polar surface area (TPSA) is 29.3 Å². The number of nitrogen functional groups attached to an aromatic ring is 1. The summed E-state index contributed by atoms with van der Waals surface area (Å²) in [6, 6.07) is 9.85. The third kappa shape index (κ3) is 3.47. The fourth-order valence-electron chi connectivity index (χ4n) is 2.47. The summed E-state index contributed by atoms with van der Waals surface area (Å²) in [5, 5.41) is 0. The smallest absolute Gasteiger partial charge is 0.0314 e. The van der Waals surface area contributed by atoms with E-state index in [4.69, 9.17) is 5.73 Å². The van der Waals surface area contributed by atoms with Crippen molar-refractivity contribution in [1.82, 2.24) is 4.90 Å². The second-order valence-corrected chi connectivity index (χ2v) is 5.28. The van der Waals surface area contributed by atoms with E-state index in [1.807, 2.05) is 12.1 Å². The summed E-state index contributed by atoms with van der Waals surface area (Å²) in [6.45, 7) is 5.70. The average molecular weight is 232 g/mol. The monoisotopic (exact) mass is 232 g/mol. The number of benzene rings is 1. The van der Waals surface area contributed by atoms with E-state index in [0.717, 1.165) is 18.3 Å². The van der Waals surface area contributed by atoms with Crippen molar-refractivity contribution in [2.45, 2.75) is 58.2 Å². The molecule has 1 fully saturated rings. The van der Waals surface area contributed by atoms with Crippen molar-refractivity contribution in [3.63, 3.8) is 0 Å². The van der Waals surface area contributed by atoms with Gasteiger partial charge in [0.2, 0.25) is 0 Å². The Morgan fingerprint density at radius 1 is 1.29 bits per heavy atom. The molecule has 2 rings (SSSR count). The minimum Gasteiger partial charge on any atom is -0.399 e. The van der Waals surface area contributed by atoms with Crippen LogP contribution in [0.5, 0.6) is 0 Å². The molecule has 1 saturated carbocycles. The first kappa shape index (κ1) is 12.4. The van der Waals surface area contributed by atoms with Gasteiger partial charge in [-0.05, 0) is 43.9 Å². The van der Waals surface area contributed by atoms with Crippen molar-refractivity contribution in [2.75, 3.05) is 5.73 Å². The standard InChI is InChI=1S/C15H24N2/c1-3-4-12(2)17(15-9-10-15)11-13-5-7-14(16)8-6-13/h5-8,12,15H,3-4,9-11,16H2,1-2H3. The molecule has 1 aliphatic carbocycles. The first-order chi connectivity index (χ1) is 8.20. The molecular weight excluding hydrogens is 208 g/mol. The van der Waals surface area contributed by atoms with Crippen LogP contribution in [0.1, 0.15) is 45.1 Å². The van der Waals surface area contributed by atoms with Crippen LogP contribution in [-0.4, -0.2) is 17.0 Å². The third-order valence-electron chi connectivity index (χ3n) is 3.63. The van der Waals surface area contributed by atoms with Crippen LogP contribution in [0.25, 0.3) is 0 Å². The molecule has 0 spiro atoms. The Bertz CT molecular complexity index is 340. The maximum atomic E-state index is 5.72. The number of hydrogen-bond donors (Lipinski definition) is 1. The minimum atomic E-state index is 0.699. The normalized spacial score (nSPS) is 17.4. The van der Waals surface area contributed by atoms with Crippen LogP contribution < -0.4 is 5.73 Å². The highest BCUT2D eigenvalue weighted by Gasteiger charge is 2.31.